The van der Waals surface area contributed by atoms with Gasteiger partial charge in [-0.25, -0.2) is 4.79 Å². The van der Waals surface area contributed by atoms with Gasteiger partial charge in [-0.05, 0) is 26.7 Å². The Morgan fingerprint density at radius 1 is 1.20 bits per heavy atom. The topological polar surface area (TPSA) is 59.6 Å². The second-order valence-electron chi connectivity index (χ2n) is 5.60. The summed E-state index contributed by atoms with van der Waals surface area (Å²) >= 11 is 2.36. The number of ether oxygens (including phenoxy) is 2. The van der Waals surface area contributed by atoms with Crippen molar-refractivity contribution < 1.29 is 14.3 Å². The molecule has 0 fully saturated rings. The smallest absolute Gasteiger partial charge is 0.407 e. The number of rotatable bonds is 13. The first-order valence-corrected chi connectivity index (χ1v) is 12.2. The monoisotopic (exact) mass is 502 g/mol. The summed E-state index contributed by atoms with van der Waals surface area (Å²) in [5, 5.41) is 5.98. The molecule has 0 aliphatic heterocycles. The van der Waals surface area contributed by atoms with Gasteiger partial charge in [-0.2, -0.15) is 0 Å². The van der Waals surface area contributed by atoms with Gasteiger partial charge in [-0.15, -0.1) is 0 Å². The van der Waals surface area contributed by atoms with Gasteiger partial charge in [0.05, 0.1) is 17.2 Å². The van der Waals surface area contributed by atoms with Gasteiger partial charge in [0.25, 0.3) is 0 Å². The number of unbranched alkanes of at least 4 members (excludes halogenated alkanes) is 1. The van der Waals surface area contributed by atoms with E-state index in [-0.39, 0.29) is 5.44 Å². The first-order chi connectivity index (χ1) is 11.9. The minimum absolute atomic E-state index is 0.172. The molecule has 8 heteroatoms. The molecule has 0 saturated carbocycles. The van der Waals surface area contributed by atoms with E-state index >= 15 is 0 Å². The Kier molecular flexibility index (Phi) is 17.7. The van der Waals surface area contributed by atoms with Gasteiger partial charge in [-0.3, -0.25) is 0 Å². The van der Waals surface area contributed by atoms with Crippen LogP contribution in [-0.2, 0) is 9.47 Å². The molecule has 2 N–H and O–H groups in total. The van der Waals surface area contributed by atoms with Crippen LogP contribution in [0.4, 0.5) is 4.79 Å². The summed E-state index contributed by atoms with van der Waals surface area (Å²) in [5.74, 6) is 7.23. The summed E-state index contributed by atoms with van der Waals surface area (Å²) in [6, 6.07) is 0. The highest BCUT2D eigenvalue weighted by Crippen LogP contribution is 2.26. The molecule has 0 radical (unpaired) electrons. The molecule has 146 valence electrons. The van der Waals surface area contributed by atoms with Crippen molar-refractivity contribution in [3.05, 3.63) is 0 Å². The third-order valence-corrected chi connectivity index (χ3v) is 5.73. The second kappa shape index (κ2) is 17.6. The Bertz CT molecular complexity index is 401. The van der Waals surface area contributed by atoms with Crippen LogP contribution in [0.1, 0.15) is 40.5 Å². The molecule has 0 aliphatic carbocycles. The molecule has 0 bridgehead atoms. The van der Waals surface area contributed by atoms with Crippen LogP contribution in [-0.4, -0.2) is 47.6 Å². The molecule has 0 aromatic rings. The summed E-state index contributed by atoms with van der Waals surface area (Å²) in [4.78, 5) is 11.4. The fourth-order valence-corrected chi connectivity index (χ4v) is 3.74. The summed E-state index contributed by atoms with van der Waals surface area (Å²) in [7, 11) is 3.58. The van der Waals surface area contributed by atoms with Crippen LogP contribution in [0.15, 0.2) is 0 Å². The molecule has 25 heavy (non-hydrogen) atoms. The molecule has 1 amide bonds. The van der Waals surface area contributed by atoms with Crippen molar-refractivity contribution in [2.45, 2.75) is 50.0 Å². The maximum absolute atomic E-state index is 11.4. The summed E-state index contributed by atoms with van der Waals surface area (Å²) in [5.41, 5.74) is 0.172. The summed E-state index contributed by atoms with van der Waals surface area (Å²) in [6.07, 6.45) is 1.27. The lowest BCUT2D eigenvalue weighted by Crippen LogP contribution is -2.25. The van der Waals surface area contributed by atoms with Gasteiger partial charge in [-0.1, -0.05) is 69.9 Å². The van der Waals surface area contributed by atoms with Gasteiger partial charge >= 0.3 is 6.09 Å². The van der Waals surface area contributed by atoms with Crippen molar-refractivity contribution in [2.24, 2.45) is 5.92 Å². The van der Waals surface area contributed by atoms with Crippen LogP contribution < -0.4 is 10.6 Å². The number of halogens is 1. The average molecular weight is 502 g/mol. The highest BCUT2D eigenvalue weighted by molar-refractivity contribution is 14.1. The van der Waals surface area contributed by atoms with Gasteiger partial charge in [0.15, 0.2) is 0 Å². The van der Waals surface area contributed by atoms with Gasteiger partial charge in [0.1, 0.15) is 5.44 Å². The van der Waals surface area contributed by atoms with Crippen LogP contribution in [0.25, 0.3) is 0 Å². The van der Waals surface area contributed by atoms with E-state index in [1.54, 1.807) is 10.8 Å². The van der Waals surface area contributed by atoms with Crippen LogP contribution >= 0.6 is 44.2 Å². The van der Waals surface area contributed by atoms with Crippen molar-refractivity contribution in [2.75, 3.05) is 32.1 Å². The summed E-state index contributed by atoms with van der Waals surface area (Å²) < 4.78 is 11.3. The third kappa shape index (κ3) is 20.3. The predicted molar refractivity (Wildman–Crippen MR) is 118 cm³/mol. The lowest BCUT2D eigenvalue weighted by molar-refractivity contribution is 0.109. The fraction of sp³-hybridized carbons (Fsp3) is 0.824. The highest BCUT2D eigenvalue weighted by Gasteiger charge is 2.04. The van der Waals surface area contributed by atoms with Crippen molar-refractivity contribution >= 4 is 50.3 Å². The lowest BCUT2D eigenvalue weighted by atomic mass is 10.2. The molecule has 0 rings (SSSR count). The normalized spacial score (nSPS) is 13.0. The fourth-order valence-electron chi connectivity index (χ4n) is 1.51. The number of carbonyl (C=O) groups is 1. The number of hydrogen-bond acceptors (Lipinski definition) is 6. The number of nitrogens with one attached hydrogen (secondary N) is 2. The van der Waals surface area contributed by atoms with Gasteiger partial charge in [0, 0.05) is 24.8 Å². The molecular weight excluding hydrogens is 471 g/mol. The van der Waals surface area contributed by atoms with Crippen molar-refractivity contribution in [1.29, 1.82) is 0 Å². The quantitative estimate of drug-likeness (QED) is 0.0747. The van der Waals surface area contributed by atoms with Crippen LogP contribution in [0, 0.1) is 17.8 Å². The predicted octanol–water partition coefficient (Wildman–Crippen LogP) is 4.27. The van der Waals surface area contributed by atoms with E-state index in [2.05, 4.69) is 58.9 Å². The van der Waals surface area contributed by atoms with E-state index in [0.717, 1.165) is 25.1 Å². The number of alkyl halides is 1. The Labute approximate surface area is 174 Å². The molecular formula is C17H31IN2O3S2. The zero-order valence-electron chi connectivity index (χ0n) is 15.6. The number of hydrogen-bond donors (Lipinski definition) is 2. The average Bonchev–Trinajstić information content (AvgIpc) is 2.54. The van der Waals surface area contributed by atoms with Crippen LogP contribution in [0.3, 0.4) is 0 Å². The molecule has 0 aromatic heterocycles. The van der Waals surface area contributed by atoms with E-state index in [1.165, 1.54) is 0 Å². The SMILES string of the molecule is CC(C)C#CCNC(=O)OCCCCOC(C)SSCCNC(C)I. The Morgan fingerprint density at radius 2 is 1.92 bits per heavy atom. The van der Waals surface area contributed by atoms with Crippen molar-refractivity contribution in [3.8, 4) is 11.8 Å². The molecule has 0 aliphatic rings. The van der Waals surface area contributed by atoms with E-state index in [4.69, 9.17) is 9.47 Å². The Balaban J connectivity index is 3.39. The first-order valence-electron chi connectivity index (χ1n) is 8.58. The van der Waals surface area contributed by atoms with E-state index < -0.39 is 6.09 Å². The van der Waals surface area contributed by atoms with Gasteiger partial charge < -0.3 is 20.1 Å². The van der Waals surface area contributed by atoms with E-state index in [9.17, 15) is 4.79 Å². The minimum atomic E-state index is -0.409. The van der Waals surface area contributed by atoms with Crippen LogP contribution in [0.2, 0.25) is 0 Å². The largest absolute Gasteiger partial charge is 0.450 e. The Hall–Kier alpha value is 0.180. The zero-order chi connectivity index (χ0) is 18.9. The van der Waals surface area contributed by atoms with Crippen molar-refractivity contribution in [1.82, 2.24) is 10.6 Å². The number of carbonyl (C=O) groups excluding carboxylic acids is 1. The molecule has 2 atom stereocenters. The van der Waals surface area contributed by atoms with E-state index in [1.807, 2.05) is 24.6 Å². The maximum Gasteiger partial charge on any atom is 0.407 e. The van der Waals surface area contributed by atoms with Crippen LogP contribution in [0.5, 0.6) is 0 Å². The molecule has 2 unspecified atom stereocenters. The standard InChI is InChI=1S/C17H31IN2O3S2/c1-14(2)8-7-9-20-17(21)23-12-6-5-11-22-16(4)25-24-13-10-19-15(3)18/h14-16,19H,5-6,9-13H2,1-4H3,(H,20,21). The van der Waals surface area contributed by atoms with Gasteiger partial charge in [0.2, 0.25) is 0 Å². The molecule has 5 nitrogen and oxygen atoms in total. The number of amides is 1. The minimum Gasteiger partial charge on any atom is -0.450 e. The molecule has 0 saturated heterocycles. The molecule has 0 aromatic carbocycles. The third-order valence-electron chi connectivity index (χ3n) is 2.65. The van der Waals surface area contributed by atoms with Crippen molar-refractivity contribution in [3.63, 3.8) is 0 Å². The van der Waals surface area contributed by atoms with E-state index in [0.29, 0.717) is 29.7 Å². The zero-order valence-corrected chi connectivity index (χ0v) is 19.4. The number of alkyl carbamates (subject to hydrolysis) is 1. The highest BCUT2D eigenvalue weighted by atomic mass is 127. The lowest BCUT2D eigenvalue weighted by Gasteiger charge is -2.12. The second-order valence-corrected chi connectivity index (χ2v) is 10.3. The maximum atomic E-state index is 11.4. The summed E-state index contributed by atoms with van der Waals surface area (Å²) in [6.45, 7) is 10.7. The Morgan fingerprint density at radius 3 is 2.60 bits per heavy atom. The molecule has 0 heterocycles. The first kappa shape index (κ1) is 25.2. The molecule has 0 spiro atoms.